The highest BCUT2D eigenvalue weighted by atomic mass is 16.1. The van der Waals surface area contributed by atoms with Crippen LogP contribution in [-0.2, 0) is 11.2 Å². The molecule has 3 nitrogen and oxygen atoms in total. The topological polar surface area (TPSA) is 47.0 Å². The molecule has 1 aromatic heterocycles. The first-order valence-corrected chi connectivity index (χ1v) is 4.62. The quantitative estimate of drug-likeness (QED) is 0.538. The molecular formula is C11H13NO2. The average molecular weight is 191 g/mol. The summed E-state index contributed by atoms with van der Waals surface area (Å²) >= 11 is 0. The van der Waals surface area contributed by atoms with Gasteiger partial charge in [-0.2, -0.15) is 0 Å². The van der Waals surface area contributed by atoms with Gasteiger partial charge in [-0.3, -0.25) is 9.59 Å². The van der Waals surface area contributed by atoms with Crippen LogP contribution >= 0.6 is 0 Å². The highest BCUT2D eigenvalue weighted by molar-refractivity contribution is 6.06. The molecule has 1 aromatic rings. The summed E-state index contributed by atoms with van der Waals surface area (Å²) in [5.41, 5.74) is 1.26. The zero-order chi connectivity index (χ0) is 10.6. The van der Waals surface area contributed by atoms with Gasteiger partial charge in [-0.25, -0.2) is 4.98 Å². The fraction of sp³-hybridized carbons (Fsp3) is 0.364. The van der Waals surface area contributed by atoms with E-state index in [0.29, 0.717) is 5.69 Å². The van der Waals surface area contributed by atoms with Gasteiger partial charge in [-0.15, -0.1) is 0 Å². The number of nitrogens with zero attached hydrogens (tertiary/aromatic N) is 1. The molecule has 1 heterocycles. The average Bonchev–Trinajstić information content (AvgIpc) is 2.17. The van der Waals surface area contributed by atoms with E-state index >= 15 is 0 Å². The monoisotopic (exact) mass is 191 g/mol. The number of carbonyl (C=O) groups excluding carboxylic acids is 2. The van der Waals surface area contributed by atoms with Crippen molar-refractivity contribution in [3.63, 3.8) is 0 Å². The Hall–Kier alpha value is -1.51. The molecule has 0 amide bonds. The third-order valence-electron chi connectivity index (χ3n) is 1.86. The van der Waals surface area contributed by atoms with Crippen LogP contribution in [0.25, 0.3) is 0 Å². The molecule has 3 heteroatoms. The number of aromatic nitrogens is 1. The van der Waals surface area contributed by atoms with Gasteiger partial charge < -0.3 is 0 Å². The number of pyridine rings is 1. The van der Waals surface area contributed by atoms with Crippen LogP contribution in [0, 0.1) is 0 Å². The molecule has 1 rings (SSSR count). The van der Waals surface area contributed by atoms with E-state index in [4.69, 9.17) is 0 Å². The molecule has 14 heavy (non-hydrogen) atoms. The lowest BCUT2D eigenvalue weighted by Crippen LogP contribution is -2.07. The normalized spacial score (nSPS) is 9.86. The standard InChI is InChI=1S/C11H13NO2/c1-3-9-5-4-6-10(12-9)11(14)7-8(2)13/h4-6H,3,7H2,1-2H3. The van der Waals surface area contributed by atoms with E-state index in [2.05, 4.69) is 4.98 Å². The van der Waals surface area contributed by atoms with Gasteiger partial charge in [0, 0.05) is 5.69 Å². The molecule has 0 aliphatic heterocycles. The van der Waals surface area contributed by atoms with Gasteiger partial charge in [-0.05, 0) is 25.5 Å². The van der Waals surface area contributed by atoms with Crippen molar-refractivity contribution >= 4 is 11.6 Å². The Morgan fingerprint density at radius 3 is 2.64 bits per heavy atom. The fourth-order valence-corrected chi connectivity index (χ4v) is 1.15. The molecule has 0 atom stereocenters. The zero-order valence-corrected chi connectivity index (χ0v) is 8.41. The number of aryl methyl sites for hydroxylation is 1. The number of Topliss-reactive ketones (excluding diaryl/α,β-unsaturated/α-hetero) is 2. The van der Waals surface area contributed by atoms with E-state index < -0.39 is 0 Å². The second kappa shape index (κ2) is 4.65. The van der Waals surface area contributed by atoms with Crippen molar-refractivity contribution in [3.05, 3.63) is 29.6 Å². The van der Waals surface area contributed by atoms with Crippen molar-refractivity contribution < 1.29 is 9.59 Å². The van der Waals surface area contributed by atoms with Crippen molar-refractivity contribution in [2.75, 3.05) is 0 Å². The second-order valence-electron chi connectivity index (χ2n) is 3.17. The lowest BCUT2D eigenvalue weighted by atomic mass is 10.1. The first kappa shape index (κ1) is 10.6. The summed E-state index contributed by atoms with van der Waals surface area (Å²) in [5, 5.41) is 0. The van der Waals surface area contributed by atoms with E-state index in [-0.39, 0.29) is 18.0 Å². The van der Waals surface area contributed by atoms with Crippen LogP contribution in [0.15, 0.2) is 18.2 Å². The van der Waals surface area contributed by atoms with Crippen molar-refractivity contribution in [1.29, 1.82) is 0 Å². The van der Waals surface area contributed by atoms with E-state index in [0.717, 1.165) is 12.1 Å². The molecule has 0 N–H and O–H groups in total. The number of ketones is 2. The summed E-state index contributed by atoms with van der Waals surface area (Å²) in [4.78, 5) is 26.3. The molecule has 0 fully saturated rings. The summed E-state index contributed by atoms with van der Waals surface area (Å²) in [6.07, 6.45) is 0.737. The molecule has 0 aromatic carbocycles. The van der Waals surface area contributed by atoms with Crippen LogP contribution in [-0.4, -0.2) is 16.6 Å². The summed E-state index contributed by atoms with van der Waals surface area (Å²) in [6.45, 7) is 3.38. The largest absolute Gasteiger partial charge is 0.300 e. The van der Waals surface area contributed by atoms with E-state index in [1.807, 2.05) is 13.0 Å². The predicted octanol–water partition coefficient (Wildman–Crippen LogP) is 1.81. The first-order chi connectivity index (χ1) is 6.63. The molecule has 0 radical (unpaired) electrons. The Labute approximate surface area is 83.2 Å². The summed E-state index contributed by atoms with van der Waals surface area (Å²) in [5.74, 6) is -0.327. The number of carbonyl (C=O) groups is 2. The minimum absolute atomic E-state index is 0.0554. The van der Waals surface area contributed by atoms with Crippen LogP contribution in [0.5, 0.6) is 0 Å². The predicted molar refractivity (Wildman–Crippen MR) is 53.2 cm³/mol. The maximum Gasteiger partial charge on any atom is 0.188 e. The number of rotatable bonds is 4. The smallest absolute Gasteiger partial charge is 0.188 e. The minimum atomic E-state index is -0.201. The third kappa shape index (κ3) is 2.76. The van der Waals surface area contributed by atoms with Crippen LogP contribution in [0.3, 0.4) is 0 Å². The molecule has 0 spiro atoms. The van der Waals surface area contributed by atoms with Crippen molar-refractivity contribution in [3.8, 4) is 0 Å². The Morgan fingerprint density at radius 2 is 2.07 bits per heavy atom. The van der Waals surface area contributed by atoms with Gasteiger partial charge in [0.2, 0.25) is 0 Å². The Kier molecular flexibility index (Phi) is 3.51. The number of hydrogen-bond donors (Lipinski definition) is 0. The summed E-state index contributed by atoms with van der Waals surface area (Å²) in [6, 6.07) is 5.30. The van der Waals surface area contributed by atoms with Gasteiger partial charge >= 0.3 is 0 Å². The van der Waals surface area contributed by atoms with Crippen LogP contribution in [0.1, 0.15) is 36.5 Å². The molecular weight excluding hydrogens is 178 g/mol. The maximum atomic E-state index is 11.4. The number of hydrogen-bond acceptors (Lipinski definition) is 3. The SMILES string of the molecule is CCc1cccc(C(=O)CC(C)=O)n1. The second-order valence-corrected chi connectivity index (χ2v) is 3.17. The van der Waals surface area contributed by atoms with E-state index in [1.54, 1.807) is 12.1 Å². The lowest BCUT2D eigenvalue weighted by molar-refractivity contribution is -0.116. The molecule has 0 aliphatic carbocycles. The fourth-order valence-electron chi connectivity index (χ4n) is 1.15. The highest BCUT2D eigenvalue weighted by Crippen LogP contribution is 2.03. The molecule has 0 aliphatic rings. The molecule has 74 valence electrons. The van der Waals surface area contributed by atoms with Crippen LogP contribution < -0.4 is 0 Å². The molecule has 0 unspecified atom stereocenters. The van der Waals surface area contributed by atoms with E-state index in [9.17, 15) is 9.59 Å². The van der Waals surface area contributed by atoms with Gasteiger partial charge in [0.25, 0.3) is 0 Å². The van der Waals surface area contributed by atoms with Gasteiger partial charge in [0.1, 0.15) is 11.5 Å². The van der Waals surface area contributed by atoms with Crippen molar-refractivity contribution in [2.45, 2.75) is 26.7 Å². The first-order valence-electron chi connectivity index (χ1n) is 4.62. The zero-order valence-electron chi connectivity index (χ0n) is 8.41. The Balaban J connectivity index is 2.84. The van der Waals surface area contributed by atoms with Gasteiger partial charge in [0.15, 0.2) is 5.78 Å². The third-order valence-corrected chi connectivity index (χ3v) is 1.86. The molecule has 0 saturated heterocycles. The summed E-state index contributed by atoms with van der Waals surface area (Å²) < 4.78 is 0. The van der Waals surface area contributed by atoms with Crippen molar-refractivity contribution in [2.24, 2.45) is 0 Å². The maximum absolute atomic E-state index is 11.4. The Bertz CT molecular complexity index is 358. The van der Waals surface area contributed by atoms with Gasteiger partial charge in [-0.1, -0.05) is 13.0 Å². The molecule has 0 bridgehead atoms. The summed E-state index contributed by atoms with van der Waals surface area (Å²) in [7, 11) is 0. The van der Waals surface area contributed by atoms with Crippen LogP contribution in [0.2, 0.25) is 0 Å². The van der Waals surface area contributed by atoms with Crippen LogP contribution in [0.4, 0.5) is 0 Å². The van der Waals surface area contributed by atoms with E-state index in [1.165, 1.54) is 6.92 Å². The lowest BCUT2D eigenvalue weighted by Gasteiger charge is -2.00. The van der Waals surface area contributed by atoms with Crippen molar-refractivity contribution in [1.82, 2.24) is 4.98 Å². The highest BCUT2D eigenvalue weighted by Gasteiger charge is 2.09. The molecule has 0 saturated carbocycles. The minimum Gasteiger partial charge on any atom is -0.300 e. The van der Waals surface area contributed by atoms with Gasteiger partial charge in [0.05, 0.1) is 6.42 Å². The Morgan fingerprint density at radius 1 is 1.36 bits per heavy atom.